The fraction of sp³-hybridized carbons (Fsp3) is 0.500. The number of carbonyl (C=O) groups is 2. The van der Waals surface area contributed by atoms with Gasteiger partial charge in [0.2, 0.25) is 5.91 Å². The monoisotopic (exact) mass is 277 g/mol. The molecule has 1 aromatic rings. The van der Waals surface area contributed by atoms with Gasteiger partial charge in [0.05, 0.1) is 0 Å². The molecule has 1 atom stereocenters. The number of aliphatic carboxylic acids is 1. The van der Waals surface area contributed by atoms with Crippen LogP contribution in [0.25, 0.3) is 0 Å². The number of benzene rings is 1. The van der Waals surface area contributed by atoms with E-state index in [0.29, 0.717) is 6.42 Å². The van der Waals surface area contributed by atoms with E-state index in [9.17, 15) is 9.59 Å². The van der Waals surface area contributed by atoms with Crippen molar-refractivity contribution in [1.82, 2.24) is 0 Å². The number of hydrogen-bond donors (Lipinski definition) is 2. The number of aryl methyl sites for hydroxylation is 1. The minimum Gasteiger partial charge on any atom is -0.481 e. The van der Waals surface area contributed by atoms with Crippen LogP contribution in [0.15, 0.2) is 24.3 Å². The first kappa shape index (κ1) is 16.2. The topological polar surface area (TPSA) is 66.4 Å². The van der Waals surface area contributed by atoms with Gasteiger partial charge in [0, 0.05) is 18.0 Å². The normalized spacial score (nSPS) is 12.8. The van der Waals surface area contributed by atoms with Crippen molar-refractivity contribution in [1.29, 1.82) is 0 Å². The highest BCUT2D eigenvalue weighted by molar-refractivity contribution is 5.92. The van der Waals surface area contributed by atoms with Crippen molar-refractivity contribution >= 4 is 17.6 Å². The number of amides is 1. The first-order valence-corrected chi connectivity index (χ1v) is 6.82. The van der Waals surface area contributed by atoms with Crippen LogP contribution in [0, 0.1) is 11.3 Å². The third kappa shape index (κ3) is 5.03. The number of nitrogens with one attached hydrogen (secondary N) is 1. The molecule has 0 bridgehead atoms. The van der Waals surface area contributed by atoms with Crippen molar-refractivity contribution in [3.63, 3.8) is 0 Å². The number of hydrogen-bond acceptors (Lipinski definition) is 2. The quantitative estimate of drug-likeness (QED) is 0.867. The standard InChI is InChI=1S/C16H23NO3/c1-11(16(2,3)4)15(20)17-13-8-5-12(6-9-13)7-10-14(18)19/h5-6,8-9,11H,7,10H2,1-4H3,(H,17,20)(H,18,19). The van der Waals surface area contributed by atoms with E-state index in [1.165, 1.54) is 0 Å². The maximum Gasteiger partial charge on any atom is 0.303 e. The summed E-state index contributed by atoms with van der Waals surface area (Å²) in [6.45, 7) is 8.02. The van der Waals surface area contributed by atoms with Gasteiger partial charge in [-0.05, 0) is 29.5 Å². The van der Waals surface area contributed by atoms with Gasteiger partial charge in [-0.1, -0.05) is 39.8 Å². The Kier molecular flexibility index (Phi) is 5.31. The molecule has 0 aliphatic carbocycles. The summed E-state index contributed by atoms with van der Waals surface area (Å²) < 4.78 is 0. The lowest BCUT2D eigenvalue weighted by Gasteiger charge is -2.26. The Morgan fingerprint density at radius 1 is 1.20 bits per heavy atom. The molecule has 0 radical (unpaired) electrons. The highest BCUT2D eigenvalue weighted by Gasteiger charge is 2.26. The molecule has 2 N–H and O–H groups in total. The molecule has 0 fully saturated rings. The zero-order chi connectivity index (χ0) is 15.3. The summed E-state index contributed by atoms with van der Waals surface area (Å²) in [5.74, 6) is -0.897. The Labute approximate surface area is 120 Å². The van der Waals surface area contributed by atoms with E-state index in [1.54, 1.807) is 0 Å². The lowest BCUT2D eigenvalue weighted by atomic mass is 9.81. The van der Waals surface area contributed by atoms with Gasteiger partial charge in [0.25, 0.3) is 0 Å². The first-order valence-electron chi connectivity index (χ1n) is 6.82. The molecular formula is C16H23NO3. The van der Waals surface area contributed by atoms with E-state index in [0.717, 1.165) is 11.3 Å². The van der Waals surface area contributed by atoms with Gasteiger partial charge in [-0.2, -0.15) is 0 Å². The van der Waals surface area contributed by atoms with E-state index in [1.807, 2.05) is 52.0 Å². The predicted molar refractivity (Wildman–Crippen MR) is 79.6 cm³/mol. The van der Waals surface area contributed by atoms with Gasteiger partial charge in [0.1, 0.15) is 0 Å². The number of carboxylic acids is 1. The molecule has 0 spiro atoms. The predicted octanol–water partition coefficient (Wildman–Crippen LogP) is 3.32. The molecule has 0 heterocycles. The molecular weight excluding hydrogens is 254 g/mol. The molecule has 0 aromatic heterocycles. The molecule has 1 aromatic carbocycles. The van der Waals surface area contributed by atoms with E-state index in [4.69, 9.17) is 5.11 Å². The van der Waals surface area contributed by atoms with E-state index < -0.39 is 5.97 Å². The SMILES string of the molecule is CC(C(=O)Nc1ccc(CCC(=O)O)cc1)C(C)(C)C. The minimum absolute atomic E-state index is 0.00390. The summed E-state index contributed by atoms with van der Waals surface area (Å²) in [6.07, 6.45) is 0.620. The third-order valence-electron chi connectivity index (χ3n) is 3.54. The van der Waals surface area contributed by atoms with Crippen LogP contribution in [0.4, 0.5) is 5.69 Å². The Morgan fingerprint density at radius 2 is 1.75 bits per heavy atom. The van der Waals surface area contributed by atoms with Gasteiger partial charge >= 0.3 is 5.97 Å². The van der Waals surface area contributed by atoms with Crippen molar-refractivity contribution in [2.45, 2.75) is 40.5 Å². The molecule has 1 unspecified atom stereocenters. The van der Waals surface area contributed by atoms with Crippen molar-refractivity contribution in [3.05, 3.63) is 29.8 Å². The zero-order valence-corrected chi connectivity index (χ0v) is 12.6. The van der Waals surface area contributed by atoms with Crippen LogP contribution < -0.4 is 5.32 Å². The average Bonchev–Trinajstić information content (AvgIpc) is 2.35. The van der Waals surface area contributed by atoms with Gasteiger partial charge in [-0.25, -0.2) is 0 Å². The number of carboxylic acid groups (broad SMARTS) is 1. The molecule has 0 aliphatic heterocycles. The lowest BCUT2D eigenvalue weighted by Crippen LogP contribution is -2.30. The van der Waals surface area contributed by atoms with Crippen LogP contribution in [-0.2, 0) is 16.0 Å². The summed E-state index contributed by atoms with van der Waals surface area (Å²) in [7, 11) is 0. The van der Waals surface area contributed by atoms with Gasteiger partial charge < -0.3 is 10.4 Å². The van der Waals surface area contributed by atoms with Gasteiger partial charge in [0.15, 0.2) is 0 Å². The Bertz CT molecular complexity index is 471. The molecule has 110 valence electrons. The smallest absolute Gasteiger partial charge is 0.303 e. The van der Waals surface area contributed by atoms with Crippen LogP contribution in [0.5, 0.6) is 0 Å². The number of rotatable bonds is 5. The molecule has 0 saturated heterocycles. The van der Waals surface area contributed by atoms with E-state index in [-0.39, 0.29) is 23.7 Å². The summed E-state index contributed by atoms with van der Waals surface area (Å²) in [5.41, 5.74) is 1.62. The summed E-state index contributed by atoms with van der Waals surface area (Å²) in [6, 6.07) is 7.32. The third-order valence-corrected chi connectivity index (χ3v) is 3.54. The van der Waals surface area contributed by atoms with E-state index in [2.05, 4.69) is 5.32 Å². The van der Waals surface area contributed by atoms with Crippen LogP contribution in [-0.4, -0.2) is 17.0 Å². The molecule has 4 nitrogen and oxygen atoms in total. The molecule has 0 saturated carbocycles. The molecule has 20 heavy (non-hydrogen) atoms. The summed E-state index contributed by atoms with van der Waals surface area (Å²) in [5, 5.41) is 11.5. The number of carbonyl (C=O) groups excluding carboxylic acids is 1. The summed E-state index contributed by atoms with van der Waals surface area (Å²) in [4.78, 5) is 22.6. The number of anilines is 1. The maximum atomic E-state index is 12.1. The van der Waals surface area contributed by atoms with Gasteiger partial charge in [-0.15, -0.1) is 0 Å². The second-order valence-corrected chi connectivity index (χ2v) is 6.17. The fourth-order valence-electron chi connectivity index (χ4n) is 1.65. The molecule has 1 rings (SSSR count). The maximum absolute atomic E-state index is 12.1. The Morgan fingerprint density at radius 3 is 2.20 bits per heavy atom. The second kappa shape index (κ2) is 6.55. The van der Waals surface area contributed by atoms with Crippen molar-refractivity contribution in [2.24, 2.45) is 11.3 Å². The van der Waals surface area contributed by atoms with Crippen molar-refractivity contribution in [3.8, 4) is 0 Å². The van der Waals surface area contributed by atoms with Crippen LogP contribution in [0.2, 0.25) is 0 Å². The van der Waals surface area contributed by atoms with Crippen LogP contribution in [0.1, 0.15) is 39.7 Å². The van der Waals surface area contributed by atoms with Gasteiger partial charge in [-0.3, -0.25) is 9.59 Å². The highest BCUT2D eigenvalue weighted by Crippen LogP contribution is 2.26. The molecule has 4 heteroatoms. The summed E-state index contributed by atoms with van der Waals surface area (Å²) >= 11 is 0. The van der Waals surface area contributed by atoms with Crippen molar-refractivity contribution in [2.75, 3.05) is 5.32 Å². The van der Waals surface area contributed by atoms with Crippen molar-refractivity contribution < 1.29 is 14.7 Å². The Balaban J connectivity index is 2.61. The van der Waals surface area contributed by atoms with Crippen LogP contribution in [0.3, 0.4) is 0 Å². The Hall–Kier alpha value is -1.84. The zero-order valence-electron chi connectivity index (χ0n) is 12.6. The minimum atomic E-state index is -0.804. The lowest BCUT2D eigenvalue weighted by molar-refractivity contribution is -0.137. The largest absolute Gasteiger partial charge is 0.481 e. The van der Waals surface area contributed by atoms with Crippen LogP contribution >= 0.6 is 0 Å². The molecule has 0 aliphatic rings. The fourth-order valence-corrected chi connectivity index (χ4v) is 1.65. The van der Waals surface area contributed by atoms with E-state index >= 15 is 0 Å². The highest BCUT2D eigenvalue weighted by atomic mass is 16.4. The average molecular weight is 277 g/mol. The molecule has 1 amide bonds. The second-order valence-electron chi connectivity index (χ2n) is 6.17. The first-order chi connectivity index (χ1) is 9.20.